The van der Waals surface area contributed by atoms with Crippen molar-refractivity contribution >= 4 is 17.8 Å². The maximum absolute atomic E-state index is 13.1. The number of carbonyl (C=O) groups excluding carboxylic acids is 3. The van der Waals surface area contributed by atoms with Gasteiger partial charge in [-0.25, -0.2) is 4.79 Å². The highest BCUT2D eigenvalue weighted by molar-refractivity contribution is 6.08. The molecule has 1 saturated heterocycles. The number of amides is 4. The van der Waals surface area contributed by atoms with Gasteiger partial charge in [-0.15, -0.1) is 0 Å². The molecular formula is C21H29N3O4. The maximum Gasteiger partial charge on any atom is 0.327 e. The highest BCUT2D eigenvalue weighted by Gasteiger charge is 2.55. The summed E-state index contributed by atoms with van der Waals surface area (Å²) in [6.07, 6.45) is 4.29. The molecule has 28 heavy (non-hydrogen) atoms. The second-order valence-electron chi connectivity index (χ2n) is 7.62. The largest absolute Gasteiger partial charge is 0.383 e. The predicted octanol–water partition coefficient (Wildman–Crippen LogP) is 2.26. The van der Waals surface area contributed by atoms with Crippen LogP contribution in [0, 0.1) is 0 Å². The molecule has 1 aliphatic carbocycles. The lowest BCUT2D eigenvalue weighted by Gasteiger charge is -2.35. The first-order valence-electron chi connectivity index (χ1n) is 9.90. The highest BCUT2D eigenvalue weighted by Crippen LogP contribution is 2.39. The van der Waals surface area contributed by atoms with Crippen molar-refractivity contribution in [3.8, 4) is 0 Å². The molecular weight excluding hydrogens is 358 g/mol. The van der Waals surface area contributed by atoms with Crippen LogP contribution in [0.4, 0.5) is 4.79 Å². The summed E-state index contributed by atoms with van der Waals surface area (Å²) in [6, 6.07) is 9.29. The fourth-order valence-corrected chi connectivity index (χ4v) is 4.20. The van der Waals surface area contributed by atoms with E-state index < -0.39 is 5.54 Å². The summed E-state index contributed by atoms with van der Waals surface area (Å²) in [4.78, 5) is 43.2. The Labute approximate surface area is 166 Å². The molecule has 0 radical (unpaired) electrons. The van der Waals surface area contributed by atoms with Crippen molar-refractivity contribution < 1.29 is 19.1 Å². The van der Waals surface area contributed by atoms with Gasteiger partial charge in [-0.3, -0.25) is 14.5 Å². The van der Waals surface area contributed by atoms with E-state index >= 15 is 0 Å². The van der Waals surface area contributed by atoms with E-state index in [-0.39, 0.29) is 24.4 Å². The Bertz CT molecular complexity index is 716. The number of urea groups is 1. The molecule has 7 heteroatoms. The summed E-state index contributed by atoms with van der Waals surface area (Å²) in [7, 11) is 3.27. The number of nitrogens with zero attached hydrogens (tertiary/aromatic N) is 3. The Morgan fingerprint density at radius 2 is 1.82 bits per heavy atom. The number of rotatable bonds is 7. The average molecular weight is 387 g/mol. The van der Waals surface area contributed by atoms with Crippen LogP contribution in [0.1, 0.15) is 37.7 Å². The summed E-state index contributed by atoms with van der Waals surface area (Å²) >= 11 is 0. The summed E-state index contributed by atoms with van der Waals surface area (Å²) < 4.78 is 5.13. The molecule has 1 saturated carbocycles. The van der Waals surface area contributed by atoms with E-state index in [2.05, 4.69) is 0 Å². The van der Waals surface area contributed by atoms with Crippen molar-refractivity contribution in [2.45, 2.75) is 44.2 Å². The lowest BCUT2D eigenvalue weighted by Crippen LogP contribution is -2.49. The van der Waals surface area contributed by atoms with Crippen molar-refractivity contribution in [3.63, 3.8) is 0 Å². The van der Waals surface area contributed by atoms with Crippen LogP contribution < -0.4 is 0 Å². The number of ether oxygens (including phenoxy) is 1. The third kappa shape index (κ3) is 3.90. The topological polar surface area (TPSA) is 70.2 Å². The number of benzene rings is 1. The van der Waals surface area contributed by atoms with E-state index in [0.29, 0.717) is 32.5 Å². The van der Waals surface area contributed by atoms with Gasteiger partial charge in [0.1, 0.15) is 12.1 Å². The Morgan fingerprint density at radius 1 is 1.14 bits per heavy atom. The minimum absolute atomic E-state index is 0.222. The number of hydrogen-bond acceptors (Lipinski definition) is 4. The molecule has 1 spiro atoms. The summed E-state index contributed by atoms with van der Waals surface area (Å²) in [6.45, 7) is 0.992. The number of imide groups is 1. The van der Waals surface area contributed by atoms with E-state index in [4.69, 9.17) is 4.74 Å². The van der Waals surface area contributed by atoms with Crippen molar-refractivity contribution in [1.29, 1.82) is 0 Å². The Morgan fingerprint density at radius 3 is 2.46 bits per heavy atom. The van der Waals surface area contributed by atoms with Gasteiger partial charge in [0.25, 0.3) is 5.91 Å². The van der Waals surface area contributed by atoms with Gasteiger partial charge in [0.05, 0.1) is 6.61 Å². The molecule has 152 valence electrons. The van der Waals surface area contributed by atoms with Gasteiger partial charge in [-0.1, -0.05) is 49.6 Å². The van der Waals surface area contributed by atoms with Gasteiger partial charge < -0.3 is 14.5 Å². The van der Waals surface area contributed by atoms with E-state index in [1.54, 1.807) is 24.0 Å². The molecule has 3 rings (SSSR count). The molecule has 2 aliphatic rings. The fourth-order valence-electron chi connectivity index (χ4n) is 4.20. The Balaban J connectivity index is 1.73. The summed E-state index contributed by atoms with van der Waals surface area (Å²) in [5.74, 6) is -0.469. The van der Waals surface area contributed by atoms with E-state index in [1.807, 2.05) is 30.3 Å². The number of carbonyl (C=O) groups is 3. The molecule has 1 aliphatic heterocycles. The molecule has 1 aromatic rings. The molecule has 7 nitrogen and oxygen atoms in total. The third-order valence-electron chi connectivity index (χ3n) is 5.91. The standard InChI is InChI=1S/C21H29N3O4/c1-22-20(27)24(19(26)21(22)11-7-4-8-12-21)16-18(25)23(13-14-28-2)15-17-9-5-3-6-10-17/h3,5-6,9-10H,4,7-8,11-16H2,1-2H3. The van der Waals surface area contributed by atoms with Crippen LogP contribution in [0.15, 0.2) is 30.3 Å². The van der Waals surface area contributed by atoms with Crippen molar-refractivity contribution in [3.05, 3.63) is 35.9 Å². The first-order valence-corrected chi connectivity index (χ1v) is 9.90. The SMILES string of the molecule is COCCN(Cc1ccccc1)C(=O)CN1C(=O)N(C)C2(CCCCC2)C1=O. The van der Waals surface area contributed by atoms with Crippen molar-refractivity contribution in [2.24, 2.45) is 0 Å². The first-order chi connectivity index (χ1) is 13.5. The molecule has 0 bridgehead atoms. The monoisotopic (exact) mass is 387 g/mol. The smallest absolute Gasteiger partial charge is 0.327 e. The van der Waals surface area contributed by atoms with Crippen LogP contribution in [0.2, 0.25) is 0 Å². The van der Waals surface area contributed by atoms with Crippen molar-refractivity contribution in [2.75, 3.05) is 33.9 Å². The van der Waals surface area contributed by atoms with Crippen LogP contribution in [0.25, 0.3) is 0 Å². The van der Waals surface area contributed by atoms with Crippen molar-refractivity contribution in [1.82, 2.24) is 14.7 Å². The molecule has 4 amide bonds. The van der Waals surface area contributed by atoms with E-state index in [0.717, 1.165) is 29.7 Å². The van der Waals surface area contributed by atoms with Crippen LogP contribution in [-0.4, -0.2) is 71.9 Å². The second kappa shape index (κ2) is 8.73. The van der Waals surface area contributed by atoms with Crippen LogP contribution in [-0.2, 0) is 20.9 Å². The number of likely N-dealkylation sites (N-methyl/N-ethyl adjacent to an activating group) is 1. The normalized spacial score (nSPS) is 18.8. The highest BCUT2D eigenvalue weighted by atomic mass is 16.5. The zero-order valence-electron chi connectivity index (χ0n) is 16.7. The summed E-state index contributed by atoms with van der Waals surface area (Å²) in [5, 5.41) is 0. The second-order valence-corrected chi connectivity index (χ2v) is 7.62. The Hall–Kier alpha value is -2.41. The minimum Gasteiger partial charge on any atom is -0.383 e. The van der Waals surface area contributed by atoms with E-state index in [1.165, 1.54) is 0 Å². The fraction of sp³-hybridized carbons (Fsp3) is 0.571. The molecule has 2 fully saturated rings. The van der Waals surface area contributed by atoms with Gasteiger partial charge in [-0.05, 0) is 18.4 Å². The molecule has 0 aromatic heterocycles. The van der Waals surface area contributed by atoms with Crippen LogP contribution >= 0.6 is 0 Å². The number of hydrogen-bond donors (Lipinski definition) is 0. The molecule has 0 N–H and O–H groups in total. The molecule has 0 unspecified atom stereocenters. The summed E-state index contributed by atoms with van der Waals surface area (Å²) in [5.41, 5.74) is 0.235. The maximum atomic E-state index is 13.1. The molecule has 0 atom stereocenters. The first kappa shape index (κ1) is 20.3. The lowest BCUT2D eigenvalue weighted by atomic mass is 9.81. The molecule has 1 heterocycles. The minimum atomic E-state index is -0.758. The quantitative estimate of drug-likeness (QED) is 0.673. The van der Waals surface area contributed by atoms with Gasteiger partial charge >= 0.3 is 6.03 Å². The lowest BCUT2D eigenvalue weighted by molar-refractivity contribution is -0.141. The Kier molecular flexibility index (Phi) is 6.34. The van der Waals surface area contributed by atoms with Gasteiger partial charge in [0.2, 0.25) is 5.91 Å². The zero-order valence-corrected chi connectivity index (χ0v) is 16.7. The average Bonchev–Trinajstić information content (AvgIpc) is 2.88. The van der Waals surface area contributed by atoms with Gasteiger partial charge in [-0.2, -0.15) is 0 Å². The third-order valence-corrected chi connectivity index (χ3v) is 5.91. The van der Waals surface area contributed by atoms with Crippen LogP contribution in [0.5, 0.6) is 0 Å². The molecule has 1 aromatic carbocycles. The van der Waals surface area contributed by atoms with Crippen LogP contribution in [0.3, 0.4) is 0 Å². The van der Waals surface area contributed by atoms with Gasteiger partial charge in [0.15, 0.2) is 0 Å². The zero-order chi connectivity index (χ0) is 20.1. The van der Waals surface area contributed by atoms with E-state index in [9.17, 15) is 14.4 Å². The van der Waals surface area contributed by atoms with Gasteiger partial charge in [0, 0.05) is 27.2 Å². The predicted molar refractivity (Wildman–Crippen MR) is 104 cm³/mol. The number of methoxy groups -OCH3 is 1.